The second-order valence-corrected chi connectivity index (χ2v) is 6.32. The Kier molecular flexibility index (Phi) is 6.78. The first-order chi connectivity index (χ1) is 14.0. The fourth-order valence-corrected chi connectivity index (χ4v) is 2.63. The number of aliphatic imine (C=N–C) groups is 1. The number of hydrogen-bond donors (Lipinski definition) is 2. The zero-order valence-electron chi connectivity index (χ0n) is 16.2. The number of rotatable bonds is 7. The van der Waals surface area contributed by atoms with Gasteiger partial charge in [-0.25, -0.2) is 4.98 Å². The van der Waals surface area contributed by atoms with E-state index >= 15 is 0 Å². The van der Waals surface area contributed by atoms with Gasteiger partial charge >= 0.3 is 6.61 Å². The summed E-state index contributed by atoms with van der Waals surface area (Å²) >= 11 is 0. The summed E-state index contributed by atoms with van der Waals surface area (Å²) in [6.45, 7) is -0.00752. The van der Waals surface area contributed by atoms with Crippen LogP contribution in [0.3, 0.4) is 0 Å². The van der Waals surface area contributed by atoms with Crippen LogP contribution in [0.1, 0.15) is 16.8 Å². The number of aromatic nitrogens is 1. The maximum absolute atomic E-state index is 12.3. The topological polar surface area (TPSA) is 71.7 Å². The molecule has 0 radical (unpaired) electrons. The van der Waals surface area contributed by atoms with Crippen LogP contribution in [0, 0.1) is 6.92 Å². The third-order valence-electron chi connectivity index (χ3n) is 4.09. The van der Waals surface area contributed by atoms with Gasteiger partial charge in [-0.05, 0) is 36.8 Å². The van der Waals surface area contributed by atoms with Gasteiger partial charge in [0.2, 0.25) is 5.89 Å². The van der Waals surface area contributed by atoms with E-state index in [2.05, 4.69) is 25.3 Å². The van der Waals surface area contributed by atoms with Crippen molar-refractivity contribution in [2.75, 3.05) is 7.05 Å². The molecule has 0 atom stereocenters. The molecule has 0 amide bonds. The lowest BCUT2D eigenvalue weighted by Gasteiger charge is -2.12. The summed E-state index contributed by atoms with van der Waals surface area (Å²) in [5.41, 5.74) is 3.60. The lowest BCUT2D eigenvalue weighted by atomic mass is 10.1. The Morgan fingerprint density at radius 2 is 1.90 bits per heavy atom. The van der Waals surface area contributed by atoms with E-state index < -0.39 is 6.61 Å². The molecule has 8 heteroatoms. The predicted molar refractivity (Wildman–Crippen MR) is 107 cm³/mol. The highest BCUT2D eigenvalue weighted by atomic mass is 19.3. The second kappa shape index (κ2) is 9.68. The van der Waals surface area contributed by atoms with Gasteiger partial charge in [-0.3, -0.25) is 4.99 Å². The molecule has 0 spiro atoms. The van der Waals surface area contributed by atoms with Crippen LogP contribution < -0.4 is 15.4 Å². The van der Waals surface area contributed by atoms with Crippen LogP contribution in [0.5, 0.6) is 5.75 Å². The van der Waals surface area contributed by atoms with Crippen LogP contribution in [-0.4, -0.2) is 24.6 Å². The number of ether oxygens (including phenoxy) is 1. The molecule has 29 heavy (non-hydrogen) atoms. The molecule has 2 aromatic carbocycles. The molecule has 0 fully saturated rings. The molecule has 0 aliphatic heterocycles. The van der Waals surface area contributed by atoms with E-state index in [1.165, 1.54) is 11.6 Å². The first kappa shape index (κ1) is 20.3. The molecule has 0 aliphatic rings. The fraction of sp³-hybridized carbons (Fsp3) is 0.238. The van der Waals surface area contributed by atoms with Gasteiger partial charge in [0, 0.05) is 19.2 Å². The van der Waals surface area contributed by atoms with E-state index in [0.29, 0.717) is 24.9 Å². The van der Waals surface area contributed by atoms with Crippen molar-refractivity contribution in [3.8, 4) is 17.2 Å². The molecular weight excluding hydrogens is 378 g/mol. The molecule has 0 bridgehead atoms. The summed E-state index contributed by atoms with van der Waals surface area (Å²) in [5, 5.41) is 6.26. The number of nitrogens with zero attached hydrogens (tertiary/aromatic N) is 2. The summed E-state index contributed by atoms with van der Waals surface area (Å²) in [6, 6.07) is 14.4. The molecule has 6 nitrogen and oxygen atoms in total. The molecule has 3 aromatic rings. The third kappa shape index (κ3) is 6.03. The Morgan fingerprint density at radius 1 is 1.14 bits per heavy atom. The fourth-order valence-electron chi connectivity index (χ4n) is 2.63. The third-order valence-corrected chi connectivity index (χ3v) is 4.09. The van der Waals surface area contributed by atoms with Crippen LogP contribution >= 0.6 is 0 Å². The standard InChI is InChI=1S/C21H22F2N4O2/c1-14-6-8-16(9-7-14)19-27-17(13-28-19)12-26-21(24-2)25-11-15-4-3-5-18(10-15)29-20(22)23/h3-10,13,20H,11-12H2,1-2H3,(H2,24,25,26). The number of hydrogen-bond acceptors (Lipinski definition) is 4. The SMILES string of the molecule is CN=C(NCc1cccc(OC(F)F)c1)NCc1coc(-c2ccc(C)cc2)n1. The first-order valence-electron chi connectivity index (χ1n) is 9.03. The van der Waals surface area contributed by atoms with Gasteiger partial charge in [0.1, 0.15) is 12.0 Å². The van der Waals surface area contributed by atoms with E-state index in [-0.39, 0.29) is 5.75 Å². The normalized spacial score (nSPS) is 11.6. The monoisotopic (exact) mass is 400 g/mol. The summed E-state index contributed by atoms with van der Waals surface area (Å²) in [5.74, 6) is 1.22. The van der Waals surface area contributed by atoms with Gasteiger partial charge in [0.25, 0.3) is 0 Å². The van der Waals surface area contributed by atoms with Crippen molar-refractivity contribution < 1.29 is 17.9 Å². The summed E-state index contributed by atoms with van der Waals surface area (Å²) in [4.78, 5) is 8.62. The van der Waals surface area contributed by atoms with E-state index in [9.17, 15) is 8.78 Å². The number of benzene rings is 2. The van der Waals surface area contributed by atoms with Crippen molar-refractivity contribution in [2.45, 2.75) is 26.6 Å². The Bertz CT molecular complexity index is 955. The average molecular weight is 400 g/mol. The number of guanidine groups is 1. The van der Waals surface area contributed by atoms with Crippen LogP contribution in [-0.2, 0) is 13.1 Å². The van der Waals surface area contributed by atoms with Crippen molar-refractivity contribution >= 4 is 5.96 Å². The van der Waals surface area contributed by atoms with Gasteiger partial charge in [-0.15, -0.1) is 0 Å². The highest BCUT2D eigenvalue weighted by molar-refractivity contribution is 5.79. The van der Waals surface area contributed by atoms with Crippen LogP contribution in [0.4, 0.5) is 8.78 Å². The quantitative estimate of drug-likeness (QED) is 0.461. The lowest BCUT2D eigenvalue weighted by molar-refractivity contribution is -0.0498. The largest absolute Gasteiger partial charge is 0.444 e. The molecule has 0 saturated carbocycles. The summed E-state index contributed by atoms with van der Waals surface area (Å²) in [6.07, 6.45) is 1.60. The molecule has 0 saturated heterocycles. The zero-order chi connectivity index (χ0) is 20.6. The lowest BCUT2D eigenvalue weighted by Crippen LogP contribution is -2.36. The Balaban J connectivity index is 1.53. The minimum absolute atomic E-state index is 0.119. The number of oxazole rings is 1. The maximum atomic E-state index is 12.3. The van der Waals surface area contributed by atoms with Gasteiger partial charge in [-0.1, -0.05) is 29.8 Å². The number of aryl methyl sites for hydroxylation is 1. The minimum Gasteiger partial charge on any atom is -0.444 e. The van der Waals surface area contributed by atoms with E-state index in [1.54, 1.807) is 25.4 Å². The molecule has 2 N–H and O–H groups in total. The molecular formula is C21H22F2N4O2. The van der Waals surface area contributed by atoms with Crippen molar-refractivity contribution in [1.82, 2.24) is 15.6 Å². The van der Waals surface area contributed by atoms with Gasteiger partial charge in [0.05, 0.1) is 12.2 Å². The van der Waals surface area contributed by atoms with Crippen molar-refractivity contribution in [2.24, 2.45) is 4.99 Å². The predicted octanol–water partition coefficient (Wildman–Crippen LogP) is 4.12. The molecule has 1 heterocycles. The summed E-state index contributed by atoms with van der Waals surface area (Å²) < 4.78 is 34.6. The highest BCUT2D eigenvalue weighted by Gasteiger charge is 2.08. The molecule has 152 valence electrons. The van der Waals surface area contributed by atoms with Crippen molar-refractivity contribution in [1.29, 1.82) is 0 Å². The van der Waals surface area contributed by atoms with Crippen LogP contribution in [0.2, 0.25) is 0 Å². The Labute approximate surface area is 167 Å². The minimum atomic E-state index is -2.85. The zero-order valence-corrected chi connectivity index (χ0v) is 16.2. The average Bonchev–Trinajstić information content (AvgIpc) is 3.17. The Hall–Kier alpha value is -3.42. The van der Waals surface area contributed by atoms with Gasteiger partial charge in [0.15, 0.2) is 5.96 Å². The van der Waals surface area contributed by atoms with Crippen molar-refractivity contribution in [3.63, 3.8) is 0 Å². The van der Waals surface area contributed by atoms with Gasteiger partial charge in [-0.2, -0.15) is 8.78 Å². The van der Waals surface area contributed by atoms with E-state index in [4.69, 9.17) is 4.42 Å². The Morgan fingerprint density at radius 3 is 2.62 bits per heavy atom. The van der Waals surface area contributed by atoms with E-state index in [0.717, 1.165) is 16.8 Å². The maximum Gasteiger partial charge on any atom is 0.387 e. The molecule has 0 aliphatic carbocycles. The van der Waals surface area contributed by atoms with Crippen molar-refractivity contribution in [3.05, 3.63) is 71.6 Å². The molecule has 0 unspecified atom stereocenters. The smallest absolute Gasteiger partial charge is 0.387 e. The molecule has 3 rings (SSSR count). The number of nitrogens with one attached hydrogen (secondary N) is 2. The van der Waals surface area contributed by atoms with Crippen LogP contribution in [0.25, 0.3) is 11.5 Å². The first-order valence-corrected chi connectivity index (χ1v) is 9.03. The summed E-state index contributed by atoms with van der Waals surface area (Å²) in [7, 11) is 1.65. The highest BCUT2D eigenvalue weighted by Crippen LogP contribution is 2.19. The number of alkyl halides is 2. The molecule has 1 aromatic heterocycles. The van der Waals surface area contributed by atoms with Gasteiger partial charge < -0.3 is 19.8 Å². The van der Waals surface area contributed by atoms with Crippen LogP contribution in [0.15, 0.2) is 64.2 Å². The number of halogens is 2. The second-order valence-electron chi connectivity index (χ2n) is 6.32. The van der Waals surface area contributed by atoms with E-state index in [1.807, 2.05) is 37.3 Å².